The van der Waals surface area contributed by atoms with Gasteiger partial charge in [-0.05, 0) is 77.5 Å². The first-order valence-electron chi connectivity index (χ1n) is 10.8. The Morgan fingerprint density at radius 3 is 2.34 bits per heavy atom. The molecule has 0 atom stereocenters. The van der Waals surface area contributed by atoms with Crippen LogP contribution in [0.5, 0.6) is 5.75 Å². The van der Waals surface area contributed by atoms with E-state index >= 15 is 0 Å². The molecule has 1 heterocycles. The van der Waals surface area contributed by atoms with Gasteiger partial charge < -0.3 is 15.2 Å². The van der Waals surface area contributed by atoms with Crippen molar-refractivity contribution in [3.8, 4) is 5.75 Å². The summed E-state index contributed by atoms with van der Waals surface area (Å²) in [6.07, 6.45) is 8.41. The molecule has 1 aliphatic heterocycles. The Morgan fingerprint density at radius 2 is 1.79 bits per heavy atom. The van der Waals surface area contributed by atoms with E-state index in [9.17, 15) is 13.5 Å². The summed E-state index contributed by atoms with van der Waals surface area (Å²) in [5, 5.41) is 13.5. The van der Waals surface area contributed by atoms with E-state index in [1.165, 1.54) is 37.3 Å². The normalized spacial score (nSPS) is 27.3. The zero-order valence-corrected chi connectivity index (χ0v) is 19.0. The molecule has 2 N–H and O–H groups in total. The van der Waals surface area contributed by atoms with Crippen LogP contribution < -0.4 is 5.32 Å². The number of piperidine rings is 1. The number of aromatic hydroxyl groups is 1. The van der Waals surface area contributed by atoms with E-state index in [2.05, 4.69) is 31.0 Å². The lowest BCUT2D eigenvalue weighted by atomic mass is 9.79. The second-order valence-corrected chi connectivity index (χ2v) is 11.3. The van der Waals surface area contributed by atoms with E-state index in [1.807, 2.05) is 0 Å². The number of rotatable bonds is 6. The number of likely N-dealkylation sites (tertiary alicyclic amines) is 1. The lowest BCUT2D eigenvalue weighted by Gasteiger charge is -2.48. The van der Waals surface area contributed by atoms with E-state index in [1.54, 1.807) is 0 Å². The van der Waals surface area contributed by atoms with Crippen molar-refractivity contribution in [2.24, 2.45) is 0 Å². The lowest BCUT2D eigenvalue weighted by Crippen LogP contribution is -2.54. The molecule has 1 aromatic carbocycles. The van der Waals surface area contributed by atoms with Crippen molar-refractivity contribution >= 4 is 15.5 Å². The number of ether oxygens (including phenoxy) is 1. The number of nitrogens with zero attached hydrogens (tertiary/aromatic N) is 1. The molecule has 0 spiro atoms. The minimum absolute atomic E-state index is 0.0928. The highest BCUT2D eigenvalue weighted by atomic mass is 32.2. The van der Waals surface area contributed by atoms with E-state index in [4.69, 9.17) is 4.74 Å². The summed E-state index contributed by atoms with van der Waals surface area (Å²) < 4.78 is 29.6. The van der Waals surface area contributed by atoms with Crippen molar-refractivity contribution in [1.82, 2.24) is 4.90 Å². The number of nitrogens with one attached hydrogen (secondary N) is 1. The van der Waals surface area contributed by atoms with Crippen LogP contribution in [0.3, 0.4) is 0 Å². The molecule has 0 bridgehead atoms. The van der Waals surface area contributed by atoms with E-state index in [0.717, 1.165) is 38.8 Å². The summed E-state index contributed by atoms with van der Waals surface area (Å²) >= 11 is 0. The average molecular weight is 425 g/mol. The lowest BCUT2D eigenvalue weighted by molar-refractivity contribution is -0.0503. The van der Waals surface area contributed by atoms with Crippen LogP contribution in [-0.4, -0.2) is 61.6 Å². The number of benzene rings is 1. The number of anilines is 1. The molecular formula is C22H36N2O4S. The number of sulfone groups is 1. The maximum Gasteiger partial charge on any atom is 0.175 e. The number of phenols is 1. The third kappa shape index (κ3) is 5.64. The molecule has 164 valence electrons. The molecule has 0 radical (unpaired) electrons. The summed E-state index contributed by atoms with van der Waals surface area (Å²) in [5.41, 5.74) is 0.740. The van der Waals surface area contributed by atoms with Gasteiger partial charge in [0.05, 0.1) is 22.8 Å². The summed E-state index contributed by atoms with van der Waals surface area (Å²) in [4.78, 5) is 2.84. The minimum atomic E-state index is -3.30. The Kier molecular flexibility index (Phi) is 6.81. The maximum atomic E-state index is 11.8. The molecule has 2 aliphatic rings. The van der Waals surface area contributed by atoms with E-state index in [0.29, 0.717) is 17.9 Å². The molecule has 3 rings (SSSR count). The topological polar surface area (TPSA) is 78.9 Å². The maximum absolute atomic E-state index is 11.8. The molecule has 1 saturated carbocycles. The summed E-state index contributed by atoms with van der Waals surface area (Å²) in [7, 11) is -3.30. The highest BCUT2D eigenvalue weighted by molar-refractivity contribution is 7.90. The van der Waals surface area contributed by atoms with Crippen LogP contribution in [0.25, 0.3) is 0 Å². The summed E-state index contributed by atoms with van der Waals surface area (Å²) in [6.45, 7) is 8.62. The van der Waals surface area contributed by atoms with Crippen LogP contribution in [0, 0.1) is 0 Å². The summed E-state index contributed by atoms with van der Waals surface area (Å²) in [5.74, 6) is 0.0928. The molecule has 0 aromatic heterocycles. The van der Waals surface area contributed by atoms with Crippen molar-refractivity contribution in [2.45, 2.75) is 88.0 Å². The fraction of sp³-hybridized carbons (Fsp3) is 0.727. The van der Waals surface area contributed by atoms with E-state index in [-0.39, 0.29) is 22.2 Å². The quantitative estimate of drug-likeness (QED) is 0.677. The second kappa shape index (κ2) is 8.82. The minimum Gasteiger partial charge on any atom is -0.506 e. The highest BCUT2D eigenvalue weighted by Gasteiger charge is 2.38. The van der Waals surface area contributed by atoms with Gasteiger partial charge in [0, 0.05) is 30.9 Å². The van der Waals surface area contributed by atoms with Gasteiger partial charge in [-0.15, -0.1) is 0 Å². The fourth-order valence-electron chi connectivity index (χ4n) is 4.70. The second-order valence-electron chi connectivity index (χ2n) is 9.24. The zero-order valence-electron chi connectivity index (χ0n) is 18.1. The molecule has 0 amide bonds. The van der Waals surface area contributed by atoms with Gasteiger partial charge in [0.1, 0.15) is 5.75 Å². The largest absolute Gasteiger partial charge is 0.506 e. The van der Waals surface area contributed by atoms with Crippen LogP contribution in [-0.2, 0) is 14.6 Å². The molecule has 29 heavy (non-hydrogen) atoms. The Labute approximate surface area is 175 Å². The molecule has 1 saturated heterocycles. The molecule has 7 heteroatoms. The first kappa shape index (κ1) is 22.4. The SMILES string of the molecule is CC(C)O[C@H]1CC[C@](C)(N2CCC(Nc3cc(S(C)(=O)=O)ccc3O)CC2)CC1. The van der Waals surface area contributed by atoms with Gasteiger partial charge in [0.2, 0.25) is 0 Å². The number of hydrogen-bond donors (Lipinski definition) is 2. The first-order chi connectivity index (χ1) is 13.6. The number of hydrogen-bond acceptors (Lipinski definition) is 6. The van der Waals surface area contributed by atoms with E-state index < -0.39 is 9.84 Å². The monoisotopic (exact) mass is 424 g/mol. The Bertz CT molecular complexity index is 793. The van der Waals surface area contributed by atoms with Gasteiger partial charge in [-0.2, -0.15) is 0 Å². The standard InChI is InChI=1S/C22H36N2O4S/c1-16(2)28-18-7-11-22(3,12-8-18)24-13-9-17(10-14-24)23-20-15-19(29(4,26)27)5-6-21(20)25/h5-6,15-18,23,25H,7-14H2,1-4H3/t18-,22-. The van der Waals surface area contributed by atoms with Crippen molar-refractivity contribution < 1.29 is 18.3 Å². The summed E-state index contributed by atoms with van der Waals surface area (Å²) in [6, 6.07) is 4.66. The first-order valence-corrected chi connectivity index (χ1v) is 12.7. The van der Waals surface area contributed by atoms with Crippen LogP contribution in [0.4, 0.5) is 5.69 Å². The van der Waals surface area contributed by atoms with Gasteiger partial charge >= 0.3 is 0 Å². The average Bonchev–Trinajstić information content (AvgIpc) is 2.65. The zero-order chi connectivity index (χ0) is 21.2. The van der Waals surface area contributed by atoms with Gasteiger partial charge in [-0.1, -0.05) is 0 Å². The molecule has 0 unspecified atom stereocenters. The highest BCUT2D eigenvalue weighted by Crippen LogP contribution is 2.37. The molecular weight excluding hydrogens is 388 g/mol. The predicted octanol–water partition coefficient (Wildman–Crippen LogP) is 3.80. The third-order valence-electron chi connectivity index (χ3n) is 6.49. The molecule has 1 aliphatic carbocycles. The van der Waals surface area contributed by atoms with Gasteiger partial charge in [-0.3, -0.25) is 4.90 Å². The molecule has 1 aromatic rings. The smallest absolute Gasteiger partial charge is 0.175 e. The van der Waals surface area contributed by atoms with Crippen LogP contribution in [0.2, 0.25) is 0 Å². The van der Waals surface area contributed by atoms with Gasteiger partial charge in [-0.25, -0.2) is 8.42 Å². The third-order valence-corrected chi connectivity index (χ3v) is 7.60. The van der Waals surface area contributed by atoms with Crippen LogP contribution in [0.1, 0.15) is 59.3 Å². The Balaban J connectivity index is 1.55. The van der Waals surface area contributed by atoms with Crippen molar-refractivity contribution in [2.75, 3.05) is 24.7 Å². The molecule has 6 nitrogen and oxygen atoms in total. The van der Waals surface area contributed by atoms with Gasteiger partial charge in [0.25, 0.3) is 0 Å². The molecule has 2 fully saturated rings. The van der Waals surface area contributed by atoms with Crippen molar-refractivity contribution in [1.29, 1.82) is 0 Å². The van der Waals surface area contributed by atoms with Crippen LogP contribution in [0.15, 0.2) is 23.1 Å². The van der Waals surface area contributed by atoms with Crippen LogP contribution >= 0.6 is 0 Å². The number of phenolic OH excluding ortho intramolecular Hbond substituents is 1. The van der Waals surface area contributed by atoms with Crippen molar-refractivity contribution in [3.05, 3.63) is 18.2 Å². The Morgan fingerprint density at radius 1 is 1.17 bits per heavy atom. The van der Waals surface area contributed by atoms with Gasteiger partial charge in [0.15, 0.2) is 9.84 Å². The fourth-order valence-corrected chi connectivity index (χ4v) is 5.34. The predicted molar refractivity (Wildman–Crippen MR) is 116 cm³/mol. The van der Waals surface area contributed by atoms with Crippen molar-refractivity contribution in [3.63, 3.8) is 0 Å². The Hall–Kier alpha value is -1.31.